The van der Waals surface area contributed by atoms with Gasteiger partial charge >= 0.3 is 0 Å². The third kappa shape index (κ3) is 1.72. The molecule has 0 saturated carbocycles. The summed E-state index contributed by atoms with van der Waals surface area (Å²) < 4.78 is 1.79. The lowest BCUT2D eigenvalue weighted by Crippen LogP contribution is -1.85. The van der Waals surface area contributed by atoms with Gasteiger partial charge in [0, 0.05) is 18.6 Å². The summed E-state index contributed by atoms with van der Waals surface area (Å²) in [6.07, 6.45) is 5.65. The Morgan fingerprint density at radius 1 is 1.56 bits per heavy atom. The summed E-state index contributed by atoms with van der Waals surface area (Å²) in [6.45, 7) is 4.09. The van der Waals surface area contributed by atoms with Crippen LogP contribution in [0, 0.1) is 0 Å². The Hall–Kier alpha value is -1.05. The van der Waals surface area contributed by atoms with Crippen LogP contribution in [-0.2, 0) is 0 Å². The maximum atomic E-state index is 4.00. The molecule has 1 heterocycles. The highest BCUT2D eigenvalue weighted by atomic mass is 15.2. The van der Waals surface area contributed by atoms with Gasteiger partial charge in [-0.15, -0.1) is 0 Å². The highest BCUT2D eigenvalue weighted by Crippen LogP contribution is 1.92. The molecule has 1 aromatic heterocycles. The number of hydrogen-bond acceptors (Lipinski definition) is 1. The number of allylic oxidation sites excluding steroid dienone is 1. The van der Waals surface area contributed by atoms with Crippen LogP contribution in [0.1, 0.15) is 13.8 Å². The minimum Gasteiger partial charge on any atom is -0.248 e. The van der Waals surface area contributed by atoms with Crippen molar-refractivity contribution < 1.29 is 0 Å². The van der Waals surface area contributed by atoms with Crippen LogP contribution in [0.5, 0.6) is 0 Å². The maximum absolute atomic E-state index is 4.00. The molecular formula is C7H10N2. The molecule has 0 amide bonds. The highest BCUT2D eigenvalue weighted by Gasteiger charge is 1.80. The first-order valence-electron chi connectivity index (χ1n) is 2.93. The number of rotatable bonds is 1. The largest absolute Gasteiger partial charge is 0.248 e. The molecule has 0 atom stereocenters. The van der Waals surface area contributed by atoms with Crippen molar-refractivity contribution >= 4 is 6.20 Å². The van der Waals surface area contributed by atoms with E-state index >= 15 is 0 Å². The molecule has 0 aliphatic heterocycles. The van der Waals surface area contributed by atoms with Gasteiger partial charge in [-0.25, -0.2) is 4.68 Å². The van der Waals surface area contributed by atoms with Gasteiger partial charge in [0.2, 0.25) is 0 Å². The Bertz CT molecular complexity index is 193. The predicted octanol–water partition coefficient (Wildman–Crippen LogP) is 1.76. The lowest BCUT2D eigenvalue weighted by Gasteiger charge is -1.89. The van der Waals surface area contributed by atoms with Crippen molar-refractivity contribution in [3.05, 3.63) is 24.0 Å². The Balaban J connectivity index is 2.80. The average molecular weight is 122 g/mol. The van der Waals surface area contributed by atoms with E-state index in [0.29, 0.717) is 0 Å². The molecule has 0 saturated heterocycles. The van der Waals surface area contributed by atoms with Gasteiger partial charge in [0.25, 0.3) is 0 Å². The molecule has 48 valence electrons. The molecule has 0 fully saturated rings. The van der Waals surface area contributed by atoms with Crippen molar-refractivity contribution in [1.29, 1.82) is 0 Å². The zero-order valence-electron chi connectivity index (χ0n) is 5.70. The molecule has 0 aromatic carbocycles. The lowest BCUT2D eigenvalue weighted by atomic mass is 10.4. The summed E-state index contributed by atoms with van der Waals surface area (Å²) in [5.74, 6) is 0. The molecule has 0 aliphatic rings. The molecular weight excluding hydrogens is 112 g/mol. The molecule has 0 aliphatic carbocycles. The molecule has 0 spiro atoms. The summed E-state index contributed by atoms with van der Waals surface area (Å²) in [6, 6.07) is 1.90. The van der Waals surface area contributed by atoms with E-state index in [4.69, 9.17) is 0 Å². The topological polar surface area (TPSA) is 17.8 Å². The summed E-state index contributed by atoms with van der Waals surface area (Å²) in [5.41, 5.74) is 1.25. The van der Waals surface area contributed by atoms with Crippen LogP contribution in [0.25, 0.3) is 6.20 Å². The molecule has 2 heteroatoms. The predicted molar refractivity (Wildman–Crippen MR) is 37.8 cm³/mol. The highest BCUT2D eigenvalue weighted by molar-refractivity contribution is 5.25. The van der Waals surface area contributed by atoms with Crippen LogP contribution in [0.15, 0.2) is 24.0 Å². The Labute approximate surface area is 54.8 Å². The molecule has 9 heavy (non-hydrogen) atoms. The van der Waals surface area contributed by atoms with Crippen molar-refractivity contribution in [2.24, 2.45) is 0 Å². The second-order valence-electron chi connectivity index (χ2n) is 2.19. The van der Waals surface area contributed by atoms with Crippen molar-refractivity contribution in [2.45, 2.75) is 13.8 Å². The van der Waals surface area contributed by atoms with Crippen LogP contribution in [-0.4, -0.2) is 9.78 Å². The number of nitrogens with zero attached hydrogens (tertiary/aromatic N) is 2. The zero-order valence-corrected chi connectivity index (χ0v) is 5.70. The third-order valence-electron chi connectivity index (χ3n) is 0.915. The van der Waals surface area contributed by atoms with Gasteiger partial charge in [-0.1, -0.05) is 5.57 Å². The van der Waals surface area contributed by atoms with Crippen molar-refractivity contribution in [2.75, 3.05) is 0 Å². The van der Waals surface area contributed by atoms with Crippen LogP contribution in [0.3, 0.4) is 0 Å². The van der Waals surface area contributed by atoms with Gasteiger partial charge in [0.1, 0.15) is 0 Å². The zero-order chi connectivity index (χ0) is 6.69. The molecule has 0 bridgehead atoms. The number of aromatic nitrogens is 2. The van der Waals surface area contributed by atoms with E-state index in [1.165, 1.54) is 5.57 Å². The van der Waals surface area contributed by atoms with E-state index < -0.39 is 0 Å². The standard InChI is InChI=1S/C7H10N2/c1-7(2)6-9-5-3-4-8-9/h3-6H,1-2H3. The summed E-state index contributed by atoms with van der Waals surface area (Å²) in [7, 11) is 0. The minimum absolute atomic E-state index is 1.25. The first kappa shape index (κ1) is 6.08. The second-order valence-corrected chi connectivity index (χ2v) is 2.19. The second kappa shape index (κ2) is 2.49. The van der Waals surface area contributed by atoms with Crippen molar-refractivity contribution in [1.82, 2.24) is 9.78 Å². The van der Waals surface area contributed by atoms with E-state index in [2.05, 4.69) is 5.10 Å². The monoisotopic (exact) mass is 122 g/mol. The van der Waals surface area contributed by atoms with Gasteiger partial charge < -0.3 is 0 Å². The van der Waals surface area contributed by atoms with Crippen molar-refractivity contribution in [3.8, 4) is 0 Å². The third-order valence-corrected chi connectivity index (χ3v) is 0.915. The minimum atomic E-state index is 1.25. The average Bonchev–Trinajstić information content (AvgIpc) is 2.15. The van der Waals surface area contributed by atoms with Crippen LogP contribution >= 0.6 is 0 Å². The first-order valence-corrected chi connectivity index (χ1v) is 2.93. The van der Waals surface area contributed by atoms with E-state index in [1.807, 2.05) is 32.3 Å². The summed E-state index contributed by atoms with van der Waals surface area (Å²) in [4.78, 5) is 0. The molecule has 0 unspecified atom stereocenters. The molecule has 1 aromatic rings. The molecule has 0 radical (unpaired) electrons. The van der Waals surface area contributed by atoms with Crippen LogP contribution in [0.4, 0.5) is 0 Å². The summed E-state index contributed by atoms with van der Waals surface area (Å²) >= 11 is 0. The van der Waals surface area contributed by atoms with E-state index in [9.17, 15) is 0 Å². The number of hydrogen-bond donors (Lipinski definition) is 0. The Kier molecular flexibility index (Phi) is 1.68. The van der Waals surface area contributed by atoms with Crippen LogP contribution < -0.4 is 0 Å². The molecule has 2 nitrogen and oxygen atoms in total. The molecule has 1 rings (SSSR count). The Morgan fingerprint density at radius 3 is 2.78 bits per heavy atom. The fraction of sp³-hybridized carbons (Fsp3) is 0.286. The van der Waals surface area contributed by atoms with Crippen molar-refractivity contribution in [3.63, 3.8) is 0 Å². The van der Waals surface area contributed by atoms with E-state index in [1.54, 1.807) is 10.9 Å². The summed E-state index contributed by atoms with van der Waals surface area (Å²) in [5, 5.41) is 4.00. The lowest BCUT2D eigenvalue weighted by molar-refractivity contribution is 0.927. The SMILES string of the molecule is CC(C)=Cn1cccn1. The van der Waals surface area contributed by atoms with Gasteiger partial charge in [0.05, 0.1) is 0 Å². The first-order chi connectivity index (χ1) is 4.29. The fourth-order valence-corrected chi connectivity index (χ4v) is 0.622. The smallest absolute Gasteiger partial charge is 0.0493 e. The molecule has 0 N–H and O–H groups in total. The van der Waals surface area contributed by atoms with E-state index in [0.717, 1.165) is 0 Å². The van der Waals surface area contributed by atoms with Gasteiger partial charge in [-0.05, 0) is 19.9 Å². The van der Waals surface area contributed by atoms with Gasteiger partial charge in [-0.2, -0.15) is 5.10 Å². The fourth-order valence-electron chi connectivity index (χ4n) is 0.622. The maximum Gasteiger partial charge on any atom is 0.0493 e. The Morgan fingerprint density at radius 2 is 2.33 bits per heavy atom. The van der Waals surface area contributed by atoms with Gasteiger partial charge in [0.15, 0.2) is 0 Å². The quantitative estimate of drug-likeness (QED) is 0.555. The van der Waals surface area contributed by atoms with Crippen LogP contribution in [0.2, 0.25) is 0 Å². The van der Waals surface area contributed by atoms with E-state index in [-0.39, 0.29) is 0 Å². The normalized spacial score (nSPS) is 9.11. The van der Waals surface area contributed by atoms with Gasteiger partial charge in [-0.3, -0.25) is 0 Å².